The van der Waals surface area contributed by atoms with Crippen LogP contribution in [0.25, 0.3) is 0 Å². The molecule has 0 aromatic carbocycles. The van der Waals surface area contributed by atoms with Crippen molar-refractivity contribution in [2.45, 2.75) is 100 Å². The first kappa shape index (κ1) is 30.2. The van der Waals surface area contributed by atoms with E-state index in [1.165, 1.54) is 6.42 Å². The summed E-state index contributed by atoms with van der Waals surface area (Å²) in [5.74, 6) is -0.635. The lowest BCUT2D eigenvalue weighted by Crippen LogP contribution is -2.59. The topological polar surface area (TPSA) is 81.2 Å². The number of aliphatic hydroxyl groups is 1. The highest BCUT2D eigenvalue weighted by Gasteiger charge is 2.76. The van der Waals surface area contributed by atoms with Gasteiger partial charge in [0.1, 0.15) is 6.04 Å². The first-order chi connectivity index (χ1) is 18.9. The number of rotatable bonds is 14. The minimum absolute atomic E-state index is 0.0190. The van der Waals surface area contributed by atoms with E-state index in [1.807, 2.05) is 20.8 Å². The zero-order valence-corrected chi connectivity index (χ0v) is 24.9. The van der Waals surface area contributed by atoms with E-state index >= 15 is 0 Å². The smallest absolute Gasteiger partial charge is 0.247 e. The molecule has 1 spiro atoms. The molecular formula is C31H49N3O4S. The van der Waals surface area contributed by atoms with Crippen LogP contribution in [0.5, 0.6) is 0 Å². The van der Waals surface area contributed by atoms with Gasteiger partial charge in [0.2, 0.25) is 17.7 Å². The summed E-state index contributed by atoms with van der Waals surface area (Å²) in [7, 11) is 0. The van der Waals surface area contributed by atoms with Gasteiger partial charge in [-0.05, 0) is 50.9 Å². The number of nitrogens with zero attached hydrogens (tertiary/aromatic N) is 3. The largest absolute Gasteiger partial charge is 0.396 e. The molecule has 7 nitrogen and oxygen atoms in total. The van der Waals surface area contributed by atoms with Crippen LogP contribution in [-0.4, -0.2) is 92.4 Å². The van der Waals surface area contributed by atoms with Crippen LogP contribution in [0.2, 0.25) is 0 Å². The standard InChI is InChI=1S/C31H49N3O4S/c1-5-16-32(17-6-2)28(36)25-24-21-22(4)31(39-24)26(25)29(37)34(19-12-9-13-20-35)27(31)30(38)33(18-7-3)23-14-10-8-11-15-23/h5,7,22-27,35H,1,3,6,8-21H2,2,4H3/t22?,24-,25+,26-,27?,31?/m0/s1. The Labute approximate surface area is 239 Å². The van der Waals surface area contributed by atoms with Crippen molar-refractivity contribution in [2.24, 2.45) is 17.8 Å². The van der Waals surface area contributed by atoms with Gasteiger partial charge >= 0.3 is 0 Å². The summed E-state index contributed by atoms with van der Waals surface area (Å²) in [6.07, 6.45) is 12.9. The number of likely N-dealkylation sites (tertiary alicyclic amines) is 1. The third-order valence-electron chi connectivity index (χ3n) is 9.60. The summed E-state index contributed by atoms with van der Waals surface area (Å²) in [6.45, 7) is 14.3. The minimum Gasteiger partial charge on any atom is -0.396 e. The van der Waals surface area contributed by atoms with Crippen LogP contribution in [0.1, 0.15) is 78.1 Å². The fraction of sp³-hybridized carbons (Fsp3) is 0.774. The number of amides is 3. The summed E-state index contributed by atoms with van der Waals surface area (Å²) in [4.78, 5) is 48.8. The predicted octanol–water partition coefficient (Wildman–Crippen LogP) is 4.26. The maximum absolute atomic E-state index is 14.7. The molecule has 3 amide bonds. The van der Waals surface area contributed by atoms with E-state index in [4.69, 9.17) is 0 Å². The summed E-state index contributed by atoms with van der Waals surface area (Å²) in [6, 6.07) is -0.386. The molecule has 3 aliphatic heterocycles. The Morgan fingerprint density at radius 1 is 1.10 bits per heavy atom. The average Bonchev–Trinajstić information content (AvgIpc) is 3.53. The molecule has 39 heavy (non-hydrogen) atoms. The highest BCUT2D eigenvalue weighted by Crippen LogP contribution is 2.69. The highest BCUT2D eigenvalue weighted by molar-refractivity contribution is 8.02. The van der Waals surface area contributed by atoms with Gasteiger partial charge in [0, 0.05) is 44.1 Å². The fourth-order valence-corrected chi connectivity index (χ4v) is 10.3. The molecular weight excluding hydrogens is 510 g/mol. The Kier molecular flexibility index (Phi) is 10.2. The minimum atomic E-state index is -0.587. The molecule has 8 heteroatoms. The van der Waals surface area contributed by atoms with E-state index in [9.17, 15) is 19.5 Å². The second-order valence-corrected chi connectivity index (χ2v) is 13.6. The normalized spacial score (nSPS) is 31.8. The van der Waals surface area contributed by atoms with Crippen molar-refractivity contribution in [3.63, 3.8) is 0 Å². The summed E-state index contributed by atoms with van der Waals surface area (Å²) < 4.78 is -0.587. The highest BCUT2D eigenvalue weighted by atomic mass is 32.2. The number of hydrogen-bond acceptors (Lipinski definition) is 5. The van der Waals surface area contributed by atoms with Crippen molar-refractivity contribution < 1.29 is 19.5 Å². The molecule has 3 unspecified atom stereocenters. The van der Waals surface area contributed by atoms with Crippen molar-refractivity contribution in [1.29, 1.82) is 0 Å². The molecule has 2 bridgehead atoms. The molecule has 218 valence electrons. The number of unbranched alkanes of at least 4 members (excludes halogenated alkanes) is 2. The summed E-state index contributed by atoms with van der Waals surface area (Å²) in [5, 5.41) is 9.36. The lowest BCUT2D eigenvalue weighted by atomic mass is 9.65. The molecule has 4 fully saturated rings. The number of fused-ring (bicyclic) bond motifs is 1. The Bertz CT molecular complexity index is 922. The maximum Gasteiger partial charge on any atom is 0.247 e. The molecule has 3 heterocycles. The van der Waals surface area contributed by atoms with Crippen molar-refractivity contribution in [2.75, 3.05) is 32.8 Å². The molecule has 4 rings (SSSR count). The van der Waals surface area contributed by atoms with Crippen molar-refractivity contribution in [3.8, 4) is 0 Å². The molecule has 0 aromatic rings. The van der Waals surface area contributed by atoms with E-state index in [-0.39, 0.29) is 41.5 Å². The van der Waals surface area contributed by atoms with Crippen molar-refractivity contribution in [3.05, 3.63) is 25.3 Å². The second kappa shape index (κ2) is 13.2. The monoisotopic (exact) mass is 559 g/mol. The lowest BCUT2D eigenvalue weighted by Gasteiger charge is -2.43. The van der Waals surface area contributed by atoms with Gasteiger partial charge in [-0.1, -0.05) is 45.3 Å². The summed E-state index contributed by atoms with van der Waals surface area (Å²) in [5.41, 5.74) is 0. The van der Waals surface area contributed by atoms with E-state index < -0.39 is 22.6 Å². The lowest BCUT2D eigenvalue weighted by molar-refractivity contribution is -0.145. The van der Waals surface area contributed by atoms with E-state index in [0.717, 1.165) is 51.4 Å². The van der Waals surface area contributed by atoms with Gasteiger partial charge in [0.25, 0.3) is 0 Å². The van der Waals surface area contributed by atoms with Gasteiger partial charge in [0.15, 0.2) is 0 Å². The molecule has 1 aliphatic carbocycles. The summed E-state index contributed by atoms with van der Waals surface area (Å²) >= 11 is 1.77. The number of thioether (sulfide) groups is 1. The first-order valence-electron chi connectivity index (χ1n) is 15.3. The van der Waals surface area contributed by atoms with Gasteiger partial charge in [-0.3, -0.25) is 14.4 Å². The van der Waals surface area contributed by atoms with Crippen LogP contribution in [0, 0.1) is 17.8 Å². The fourth-order valence-electron chi connectivity index (χ4n) is 7.93. The zero-order valence-electron chi connectivity index (χ0n) is 24.1. The number of carbonyl (C=O) groups excluding carboxylic acids is 3. The predicted molar refractivity (Wildman–Crippen MR) is 157 cm³/mol. The van der Waals surface area contributed by atoms with Gasteiger partial charge in [0.05, 0.1) is 16.6 Å². The van der Waals surface area contributed by atoms with Crippen molar-refractivity contribution >= 4 is 29.5 Å². The van der Waals surface area contributed by atoms with Crippen LogP contribution in [0.3, 0.4) is 0 Å². The quantitative estimate of drug-likeness (QED) is 0.254. The van der Waals surface area contributed by atoms with E-state index in [0.29, 0.717) is 32.6 Å². The van der Waals surface area contributed by atoms with Crippen LogP contribution in [-0.2, 0) is 14.4 Å². The molecule has 1 N–H and O–H groups in total. The van der Waals surface area contributed by atoms with Gasteiger partial charge in [-0.2, -0.15) is 0 Å². The van der Waals surface area contributed by atoms with Crippen LogP contribution in [0.4, 0.5) is 0 Å². The van der Waals surface area contributed by atoms with Crippen LogP contribution >= 0.6 is 11.8 Å². The Hall–Kier alpha value is -1.80. The van der Waals surface area contributed by atoms with Gasteiger partial charge in [-0.15, -0.1) is 24.9 Å². The Morgan fingerprint density at radius 2 is 1.82 bits per heavy atom. The first-order valence-corrected chi connectivity index (χ1v) is 16.1. The van der Waals surface area contributed by atoms with Crippen LogP contribution < -0.4 is 0 Å². The molecule has 4 aliphatic rings. The molecule has 0 radical (unpaired) electrons. The number of aliphatic hydroxyl groups excluding tert-OH is 1. The van der Waals surface area contributed by atoms with Gasteiger partial charge in [-0.25, -0.2) is 0 Å². The number of carbonyl (C=O) groups is 3. The van der Waals surface area contributed by atoms with E-state index in [2.05, 4.69) is 27.0 Å². The number of hydrogen-bond donors (Lipinski definition) is 1. The molecule has 3 saturated heterocycles. The maximum atomic E-state index is 14.7. The van der Waals surface area contributed by atoms with Crippen molar-refractivity contribution in [1.82, 2.24) is 14.7 Å². The molecule has 1 saturated carbocycles. The average molecular weight is 560 g/mol. The third-order valence-corrected chi connectivity index (χ3v) is 11.7. The van der Waals surface area contributed by atoms with E-state index in [1.54, 1.807) is 17.8 Å². The second-order valence-electron chi connectivity index (χ2n) is 12.0. The van der Waals surface area contributed by atoms with Crippen LogP contribution in [0.15, 0.2) is 25.3 Å². The third kappa shape index (κ3) is 5.44. The van der Waals surface area contributed by atoms with Gasteiger partial charge < -0.3 is 19.8 Å². The zero-order chi connectivity index (χ0) is 28.2. The SMILES string of the molecule is C=CCN(CCC)C(=O)[C@@H]1[C@@H]2CC(C)C3(S2)C(C(=O)N(CC=C)C2CCCCC2)N(CCCCCO)C(=O)[C@H]13. The Balaban J connectivity index is 1.72. The molecule has 6 atom stereocenters. The Morgan fingerprint density at radius 3 is 2.46 bits per heavy atom. The molecule has 0 aromatic heterocycles.